The lowest BCUT2D eigenvalue weighted by atomic mass is 9.98. The fraction of sp³-hybridized carbons (Fsp3) is 0.111. The van der Waals surface area contributed by atoms with Crippen LogP contribution in [0, 0.1) is 5.92 Å². The minimum Gasteiger partial charge on any atom is -0.318 e. The highest BCUT2D eigenvalue weighted by Crippen LogP contribution is 2.27. The highest BCUT2D eigenvalue weighted by molar-refractivity contribution is 6.50. The summed E-state index contributed by atoms with van der Waals surface area (Å²) in [5, 5.41) is 8.23. The Morgan fingerprint density at radius 1 is 1.12 bits per heavy atom. The lowest BCUT2D eigenvalue weighted by Gasteiger charge is -2.14. The summed E-state index contributed by atoms with van der Waals surface area (Å²) in [4.78, 5) is 37.4. The maximum atomic E-state index is 12.6. The number of para-hydroxylation sites is 1. The quantitative estimate of drug-likeness (QED) is 0.641. The number of hydrogen-bond donors (Lipinski definition) is 1. The van der Waals surface area contributed by atoms with Crippen molar-refractivity contribution in [1.82, 2.24) is 0 Å². The van der Waals surface area contributed by atoms with E-state index in [1.165, 1.54) is 25.1 Å². The van der Waals surface area contributed by atoms with E-state index >= 15 is 0 Å². The van der Waals surface area contributed by atoms with Crippen LogP contribution in [-0.4, -0.2) is 23.3 Å². The molecule has 0 radical (unpaired) electrons. The second-order valence-corrected chi connectivity index (χ2v) is 6.45. The molecule has 0 unspecified atom stereocenters. The van der Waals surface area contributed by atoms with Crippen LogP contribution in [0.15, 0.2) is 53.6 Å². The summed E-state index contributed by atoms with van der Waals surface area (Å²) in [6.45, 7) is 1.53. The van der Waals surface area contributed by atoms with Gasteiger partial charge in [-0.05, 0) is 37.3 Å². The van der Waals surface area contributed by atoms with E-state index in [0.717, 1.165) is 5.01 Å². The van der Waals surface area contributed by atoms with Crippen molar-refractivity contribution in [1.29, 1.82) is 0 Å². The smallest absolute Gasteiger partial charge is 0.293 e. The Bertz CT molecular complexity index is 929. The van der Waals surface area contributed by atoms with Crippen LogP contribution in [0.5, 0.6) is 0 Å². The molecule has 1 atom stereocenters. The number of nitrogens with zero attached hydrogens (tertiary/aromatic N) is 2. The molecule has 2 amide bonds. The lowest BCUT2D eigenvalue weighted by Crippen LogP contribution is -2.39. The van der Waals surface area contributed by atoms with E-state index in [9.17, 15) is 14.4 Å². The molecule has 3 rings (SSSR count). The molecule has 0 fully saturated rings. The molecule has 0 saturated heterocycles. The van der Waals surface area contributed by atoms with Crippen LogP contribution in [0.1, 0.15) is 6.92 Å². The van der Waals surface area contributed by atoms with Crippen LogP contribution in [-0.2, 0) is 14.4 Å². The Hall–Kier alpha value is -2.70. The van der Waals surface area contributed by atoms with E-state index in [2.05, 4.69) is 10.4 Å². The minimum atomic E-state index is -1.26. The van der Waals surface area contributed by atoms with Crippen molar-refractivity contribution in [3.05, 3.63) is 58.6 Å². The molecule has 1 aliphatic heterocycles. The summed E-state index contributed by atoms with van der Waals surface area (Å²) in [5.41, 5.74) is 1.00. The van der Waals surface area contributed by atoms with Gasteiger partial charge in [-0.25, -0.2) is 0 Å². The van der Waals surface area contributed by atoms with Gasteiger partial charge in [-0.2, -0.15) is 10.1 Å². The fourth-order valence-electron chi connectivity index (χ4n) is 2.53. The molecule has 0 aliphatic carbocycles. The van der Waals surface area contributed by atoms with Gasteiger partial charge in [-0.3, -0.25) is 14.4 Å². The summed E-state index contributed by atoms with van der Waals surface area (Å²) in [6, 6.07) is 13.1. The largest absolute Gasteiger partial charge is 0.318 e. The van der Waals surface area contributed by atoms with Gasteiger partial charge >= 0.3 is 0 Å². The molecule has 0 bridgehead atoms. The van der Waals surface area contributed by atoms with Crippen molar-refractivity contribution in [3.8, 4) is 0 Å². The predicted octanol–water partition coefficient (Wildman–Crippen LogP) is 3.54. The Kier molecular flexibility index (Phi) is 5.06. The molecule has 26 heavy (non-hydrogen) atoms. The maximum Gasteiger partial charge on any atom is 0.293 e. The maximum absolute atomic E-state index is 12.6. The number of Topliss-reactive ketones (excluding diaryl/α,β-unsaturated/α-hetero) is 1. The lowest BCUT2D eigenvalue weighted by molar-refractivity contribution is -0.138. The molecule has 2 aromatic carbocycles. The first-order valence-corrected chi connectivity index (χ1v) is 8.38. The average molecular weight is 390 g/mol. The first-order valence-electron chi connectivity index (χ1n) is 7.63. The molecule has 6 nitrogen and oxygen atoms in total. The van der Waals surface area contributed by atoms with Gasteiger partial charge in [0, 0.05) is 5.02 Å². The zero-order valence-corrected chi connectivity index (χ0v) is 15.1. The van der Waals surface area contributed by atoms with Crippen molar-refractivity contribution >= 4 is 57.9 Å². The second-order valence-electron chi connectivity index (χ2n) is 5.60. The molecular formula is C18H13Cl2N3O3. The van der Waals surface area contributed by atoms with Crippen LogP contribution < -0.4 is 10.3 Å². The average Bonchev–Trinajstić information content (AvgIpc) is 2.92. The molecule has 1 aliphatic rings. The summed E-state index contributed by atoms with van der Waals surface area (Å²) in [5.74, 6) is -3.69. The molecule has 0 spiro atoms. The monoisotopic (exact) mass is 389 g/mol. The summed E-state index contributed by atoms with van der Waals surface area (Å²) in [7, 11) is 0. The Balaban J connectivity index is 1.78. The molecule has 132 valence electrons. The predicted molar refractivity (Wildman–Crippen MR) is 101 cm³/mol. The number of rotatable bonds is 4. The number of hydrogen-bond acceptors (Lipinski definition) is 4. The first-order chi connectivity index (χ1) is 12.4. The minimum absolute atomic E-state index is 0.188. The van der Waals surface area contributed by atoms with Gasteiger partial charge in [0.2, 0.25) is 5.78 Å². The number of anilines is 2. The van der Waals surface area contributed by atoms with Gasteiger partial charge in [0.25, 0.3) is 11.8 Å². The third kappa shape index (κ3) is 3.47. The molecule has 8 heteroatoms. The number of hydrazone groups is 1. The van der Waals surface area contributed by atoms with E-state index in [1.54, 1.807) is 30.3 Å². The van der Waals surface area contributed by atoms with E-state index in [1.807, 2.05) is 0 Å². The number of nitrogens with one attached hydrogen (secondary N) is 1. The van der Waals surface area contributed by atoms with Crippen molar-refractivity contribution in [3.63, 3.8) is 0 Å². The van der Waals surface area contributed by atoms with Crippen LogP contribution in [0.25, 0.3) is 0 Å². The molecule has 2 aromatic rings. The van der Waals surface area contributed by atoms with Gasteiger partial charge in [-0.1, -0.05) is 41.4 Å². The van der Waals surface area contributed by atoms with Gasteiger partial charge in [0.05, 0.1) is 22.1 Å². The molecule has 1 N–H and O–H groups in total. The highest BCUT2D eigenvalue weighted by atomic mass is 35.5. The summed E-state index contributed by atoms with van der Waals surface area (Å²) >= 11 is 11.8. The van der Waals surface area contributed by atoms with E-state index in [0.29, 0.717) is 10.7 Å². The van der Waals surface area contributed by atoms with E-state index in [4.69, 9.17) is 23.2 Å². The number of carbonyl (C=O) groups is 3. The Morgan fingerprint density at radius 2 is 1.81 bits per heavy atom. The zero-order valence-electron chi connectivity index (χ0n) is 13.6. The van der Waals surface area contributed by atoms with Crippen molar-refractivity contribution in [2.75, 3.05) is 10.3 Å². The zero-order chi connectivity index (χ0) is 18.8. The summed E-state index contributed by atoms with van der Waals surface area (Å²) in [6.07, 6.45) is 0. The van der Waals surface area contributed by atoms with Gasteiger partial charge < -0.3 is 5.32 Å². The fourth-order valence-corrected chi connectivity index (χ4v) is 2.98. The normalized spacial score (nSPS) is 16.4. The third-order valence-corrected chi connectivity index (χ3v) is 4.35. The standard InChI is InChI=1S/C18H13Cl2N3O3/c1-10-15(18(26)23(22-10)12-5-3-2-4-6-12)16(24)17(25)21-14-8-7-11(19)9-13(14)20/h2-9,15H,1H3,(H,21,25)/t15-/m0/s1. The topological polar surface area (TPSA) is 78.8 Å². The van der Waals surface area contributed by atoms with Crippen LogP contribution in [0.2, 0.25) is 10.0 Å². The number of carbonyl (C=O) groups excluding carboxylic acids is 3. The van der Waals surface area contributed by atoms with Crippen molar-refractivity contribution in [2.24, 2.45) is 11.0 Å². The van der Waals surface area contributed by atoms with Crippen LogP contribution in [0.3, 0.4) is 0 Å². The molecular weight excluding hydrogens is 377 g/mol. The molecule has 0 saturated carbocycles. The number of amides is 2. The van der Waals surface area contributed by atoms with E-state index < -0.39 is 23.5 Å². The van der Waals surface area contributed by atoms with Crippen molar-refractivity contribution < 1.29 is 14.4 Å². The first kappa shape index (κ1) is 18.1. The Morgan fingerprint density at radius 3 is 2.46 bits per heavy atom. The van der Waals surface area contributed by atoms with E-state index in [-0.39, 0.29) is 16.4 Å². The number of halogens is 2. The van der Waals surface area contributed by atoms with Gasteiger partial charge in [-0.15, -0.1) is 0 Å². The SMILES string of the molecule is CC1=NN(c2ccccc2)C(=O)[C@@H]1C(=O)C(=O)Nc1ccc(Cl)cc1Cl. The number of ketones is 1. The molecule has 0 aromatic heterocycles. The van der Waals surface area contributed by atoms with Gasteiger partial charge in [0.1, 0.15) is 5.92 Å². The summed E-state index contributed by atoms with van der Waals surface area (Å²) < 4.78 is 0. The van der Waals surface area contributed by atoms with Crippen LogP contribution >= 0.6 is 23.2 Å². The molecule has 1 heterocycles. The highest BCUT2D eigenvalue weighted by Gasteiger charge is 2.42. The Labute approximate surface area is 159 Å². The van der Waals surface area contributed by atoms with Gasteiger partial charge in [0.15, 0.2) is 0 Å². The second kappa shape index (κ2) is 7.27. The van der Waals surface area contributed by atoms with Crippen molar-refractivity contribution in [2.45, 2.75) is 6.92 Å². The number of benzene rings is 2. The third-order valence-electron chi connectivity index (χ3n) is 3.80. The van der Waals surface area contributed by atoms with Crippen LogP contribution in [0.4, 0.5) is 11.4 Å².